The van der Waals surface area contributed by atoms with E-state index in [0.717, 1.165) is 26.4 Å². The molecule has 2 rings (SSSR count). The van der Waals surface area contributed by atoms with Gasteiger partial charge in [-0.05, 0) is 25.7 Å². The van der Waals surface area contributed by atoms with Gasteiger partial charge >= 0.3 is 28.7 Å². The zero-order valence-electron chi connectivity index (χ0n) is 7.35. The van der Waals surface area contributed by atoms with Crippen molar-refractivity contribution < 1.29 is 28.8 Å². The van der Waals surface area contributed by atoms with E-state index in [2.05, 4.69) is 9.30 Å². The summed E-state index contributed by atoms with van der Waals surface area (Å²) >= 11 is 1.47. The van der Waals surface area contributed by atoms with Gasteiger partial charge in [-0.15, -0.1) is 0 Å². The first kappa shape index (κ1) is 12.9. The number of hydrogen-bond acceptors (Lipinski definition) is 2. The van der Waals surface area contributed by atoms with Crippen LogP contribution in [0.3, 0.4) is 0 Å². The third kappa shape index (κ3) is 9.02. The third-order valence-electron chi connectivity index (χ3n) is 1.65. The summed E-state index contributed by atoms with van der Waals surface area (Å²) in [5.41, 5.74) is 0. The molecule has 0 unspecified atom stereocenters. The van der Waals surface area contributed by atoms with Gasteiger partial charge in [0.1, 0.15) is 0 Å². The van der Waals surface area contributed by atoms with E-state index < -0.39 is 0 Å². The average Bonchev–Trinajstić information content (AvgIpc) is 2.87. The fraction of sp³-hybridized carbons (Fsp3) is 1.00. The van der Waals surface area contributed by atoms with Gasteiger partial charge in [0, 0.05) is 26.4 Å². The predicted octanol–water partition coefficient (Wildman–Crippen LogP) is 2.28. The second-order valence-corrected chi connectivity index (χ2v) is 2.64. The SMILES string of the molecule is C1CCOC1.C1CCOC1.[Cl][Ti]. The fourth-order valence-electron chi connectivity index (χ4n) is 1.02. The summed E-state index contributed by atoms with van der Waals surface area (Å²) in [7, 11) is 4.64. The Morgan fingerprint density at radius 2 is 0.917 bits per heavy atom. The molecule has 2 nitrogen and oxygen atoms in total. The van der Waals surface area contributed by atoms with Crippen molar-refractivity contribution in [1.29, 1.82) is 0 Å². The van der Waals surface area contributed by atoms with Crippen molar-refractivity contribution >= 4 is 9.30 Å². The Morgan fingerprint density at radius 3 is 1.00 bits per heavy atom. The van der Waals surface area contributed by atoms with Gasteiger partial charge in [-0.1, -0.05) is 0 Å². The van der Waals surface area contributed by atoms with Crippen molar-refractivity contribution in [3.8, 4) is 0 Å². The summed E-state index contributed by atoms with van der Waals surface area (Å²) < 4.78 is 9.89. The number of rotatable bonds is 0. The molecule has 0 atom stereocenters. The first-order valence-electron chi connectivity index (χ1n) is 4.34. The quantitative estimate of drug-likeness (QED) is 0.591. The molecule has 0 aromatic carbocycles. The van der Waals surface area contributed by atoms with E-state index in [-0.39, 0.29) is 0 Å². The Hall–Kier alpha value is 0.924. The number of ether oxygens (including phenoxy) is 2. The molecule has 0 aliphatic carbocycles. The zero-order chi connectivity index (χ0) is 9.07. The molecule has 2 saturated heterocycles. The van der Waals surface area contributed by atoms with Crippen LogP contribution < -0.4 is 0 Å². The normalized spacial score (nSPS) is 20.3. The molecule has 2 aliphatic rings. The van der Waals surface area contributed by atoms with E-state index in [1.54, 1.807) is 0 Å². The van der Waals surface area contributed by atoms with Crippen LogP contribution >= 0.6 is 9.30 Å². The predicted molar refractivity (Wildman–Crippen MR) is 46.0 cm³/mol. The molecule has 0 amide bonds. The monoisotopic (exact) mass is 227 g/mol. The summed E-state index contributed by atoms with van der Waals surface area (Å²) in [6, 6.07) is 0. The topological polar surface area (TPSA) is 18.5 Å². The van der Waals surface area contributed by atoms with Crippen molar-refractivity contribution in [2.24, 2.45) is 0 Å². The van der Waals surface area contributed by atoms with E-state index in [0.29, 0.717) is 0 Å². The molecule has 4 heteroatoms. The van der Waals surface area contributed by atoms with E-state index >= 15 is 0 Å². The molecule has 0 saturated carbocycles. The second kappa shape index (κ2) is 11.9. The fourth-order valence-corrected chi connectivity index (χ4v) is 1.02. The molecule has 2 heterocycles. The summed E-state index contributed by atoms with van der Waals surface area (Å²) in [4.78, 5) is 0. The van der Waals surface area contributed by atoms with Crippen LogP contribution in [0.2, 0.25) is 0 Å². The van der Waals surface area contributed by atoms with Gasteiger partial charge in [0.15, 0.2) is 0 Å². The third-order valence-corrected chi connectivity index (χ3v) is 1.65. The van der Waals surface area contributed by atoms with Crippen LogP contribution in [-0.4, -0.2) is 26.4 Å². The van der Waals surface area contributed by atoms with Crippen LogP contribution in [0.25, 0.3) is 0 Å². The molecule has 12 heavy (non-hydrogen) atoms. The summed E-state index contributed by atoms with van der Waals surface area (Å²) in [6.07, 6.45) is 5.11. The molecular weight excluding hydrogens is 211 g/mol. The molecule has 0 spiro atoms. The van der Waals surface area contributed by atoms with E-state index in [9.17, 15) is 0 Å². The van der Waals surface area contributed by atoms with Gasteiger partial charge < -0.3 is 9.47 Å². The average molecular weight is 228 g/mol. The minimum absolute atomic E-state index is 1.00. The van der Waals surface area contributed by atoms with Crippen molar-refractivity contribution in [3.05, 3.63) is 0 Å². The molecular formula is C8H16ClO2Ti. The molecule has 71 valence electrons. The van der Waals surface area contributed by atoms with Crippen LogP contribution in [-0.2, 0) is 28.8 Å². The first-order chi connectivity index (χ1) is 6.00. The standard InChI is InChI=1S/2C4H8O.ClH.Ti/c2*1-2-4-5-3-1;;/h2*1-4H2;1H;/q;;;+1/p-1. The zero-order valence-corrected chi connectivity index (χ0v) is 9.67. The van der Waals surface area contributed by atoms with Crippen molar-refractivity contribution in [3.63, 3.8) is 0 Å². The van der Waals surface area contributed by atoms with Gasteiger partial charge in [-0.25, -0.2) is 0 Å². The molecule has 2 aliphatic heterocycles. The maximum atomic E-state index is 4.94. The van der Waals surface area contributed by atoms with Gasteiger partial charge in [0.2, 0.25) is 0 Å². The summed E-state index contributed by atoms with van der Waals surface area (Å²) in [6.45, 7) is 4.00. The Balaban J connectivity index is 0.000000168. The van der Waals surface area contributed by atoms with E-state index in [1.165, 1.54) is 45.1 Å². The molecule has 0 aromatic rings. The van der Waals surface area contributed by atoms with Crippen LogP contribution in [0.15, 0.2) is 0 Å². The van der Waals surface area contributed by atoms with Crippen molar-refractivity contribution in [2.75, 3.05) is 26.4 Å². The second-order valence-electron chi connectivity index (χ2n) is 2.64. The van der Waals surface area contributed by atoms with Crippen molar-refractivity contribution in [1.82, 2.24) is 0 Å². The molecule has 2 fully saturated rings. The Bertz CT molecular complexity index is 50.2. The Kier molecular flexibility index (Phi) is 12.8. The number of hydrogen-bond donors (Lipinski definition) is 0. The van der Waals surface area contributed by atoms with Crippen LogP contribution in [0.5, 0.6) is 0 Å². The van der Waals surface area contributed by atoms with Crippen LogP contribution in [0.1, 0.15) is 25.7 Å². The van der Waals surface area contributed by atoms with E-state index in [4.69, 9.17) is 9.47 Å². The minimum atomic E-state index is 1.00. The maximum absolute atomic E-state index is 4.94. The molecule has 0 radical (unpaired) electrons. The summed E-state index contributed by atoms with van der Waals surface area (Å²) in [5, 5.41) is 0. The van der Waals surface area contributed by atoms with Gasteiger partial charge in [0.25, 0.3) is 0 Å². The van der Waals surface area contributed by atoms with Crippen LogP contribution in [0, 0.1) is 0 Å². The van der Waals surface area contributed by atoms with Gasteiger partial charge in [0.05, 0.1) is 0 Å². The van der Waals surface area contributed by atoms with Gasteiger partial charge in [-0.2, -0.15) is 0 Å². The van der Waals surface area contributed by atoms with E-state index in [1.807, 2.05) is 0 Å². The molecule has 0 N–H and O–H groups in total. The summed E-state index contributed by atoms with van der Waals surface area (Å²) in [5.74, 6) is 0. The first-order valence-corrected chi connectivity index (χ1v) is 6.49. The molecule has 0 bridgehead atoms. The Labute approximate surface area is 90.2 Å². The number of halogens is 1. The van der Waals surface area contributed by atoms with Gasteiger partial charge in [-0.3, -0.25) is 0 Å². The van der Waals surface area contributed by atoms with Crippen molar-refractivity contribution in [2.45, 2.75) is 25.7 Å². The Morgan fingerprint density at radius 1 is 0.667 bits per heavy atom. The van der Waals surface area contributed by atoms with Crippen LogP contribution in [0.4, 0.5) is 0 Å². The molecule has 0 aromatic heterocycles.